The molecule has 1 aromatic heterocycles. The molecule has 1 aliphatic heterocycles. The Morgan fingerprint density at radius 1 is 1.28 bits per heavy atom. The van der Waals surface area contributed by atoms with Crippen molar-refractivity contribution < 1.29 is 4.79 Å². The van der Waals surface area contributed by atoms with E-state index in [0.717, 1.165) is 37.6 Å². The summed E-state index contributed by atoms with van der Waals surface area (Å²) in [5, 5.41) is 11.1. The van der Waals surface area contributed by atoms with E-state index >= 15 is 0 Å². The monoisotopic (exact) mass is 553 g/mol. The van der Waals surface area contributed by atoms with E-state index in [1.54, 1.807) is 7.05 Å². The van der Waals surface area contributed by atoms with Crippen molar-refractivity contribution in [2.24, 2.45) is 18.0 Å². The Labute approximate surface area is 208 Å². The Morgan fingerprint density at radius 3 is 2.66 bits per heavy atom. The normalized spacial score (nSPS) is 17.4. The van der Waals surface area contributed by atoms with E-state index in [4.69, 9.17) is 0 Å². The van der Waals surface area contributed by atoms with Crippen LogP contribution in [0.5, 0.6) is 0 Å². The zero-order valence-electron chi connectivity index (χ0n) is 19.5. The maximum Gasteiger partial charge on any atom is 0.223 e. The van der Waals surface area contributed by atoms with E-state index in [0.29, 0.717) is 18.9 Å². The second-order valence-electron chi connectivity index (χ2n) is 8.41. The van der Waals surface area contributed by atoms with E-state index in [1.165, 1.54) is 5.56 Å². The van der Waals surface area contributed by atoms with Gasteiger partial charge >= 0.3 is 0 Å². The molecule has 1 aromatic carbocycles. The van der Waals surface area contributed by atoms with Crippen LogP contribution in [0.1, 0.15) is 23.6 Å². The van der Waals surface area contributed by atoms with Gasteiger partial charge in [-0.2, -0.15) is 5.10 Å². The van der Waals surface area contributed by atoms with Gasteiger partial charge in [-0.25, -0.2) is 0 Å². The minimum Gasteiger partial charge on any atom is -0.356 e. The van der Waals surface area contributed by atoms with E-state index in [-0.39, 0.29) is 35.9 Å². The van der Waals surface area contributed by atoms with Gasteiger partial charge in [-0.3, -0.25) is 14.5 Å². The third kappa shape index (κ3) is 7.47. The largest absolute Gasteiger partial charge is 0.356 e. The van der Waals surface area contributed by atoms with Crippen molar-refractivity contribution >= 4 is 35.8 Å². The SMILES string of the molecule is CN=C(NCC1CC(=O)N(CCc2ccccc2)C1)NCC(c1cnn(C)c1)N(C)C.I. The molecule has 176 valence electrons. The number of aryl methyl sites for hydroxylation is 1. The second-order valence-corrected chi connectivity index (χ2v) is 8.41. The third-order valence-electron chi connectivity index (χ3n) is 5.79. The Bertz CT molecular complexity index is 868. The van der Waals surface area contributed by atoms with Gasteiger partial charge in [0.1, 0.15) is 0 Å². The van der Waals surface area contributed by atoms with Crippen LogP contribution in [0.4, 0.5) is 0 Å². The minimum atomic E-state index is 0. The highest BCUT2D eigenvalue weighted by molar-refractivity contribution is 14.0. The molecular formula is C23H36IN7O. The lowest BCUT2D eigenvalue weighted by Gasteiger charge is -2.25. The Kier molecular flexibility index (Phi) is 10.4. The first-order chi connectivity index (χ1) is 15.0. The predicted octanol–water partition coefficient (Wildman–Crippen LogP) is 1.90. The first kappa shape index (κ1) is 26.1. The molecule has 0 aliphatic carbocycles. The molecule has 0 spiro atoms. The molecule has 0 bridgehead atoms. The molecule has 2 aromatic rings. The van der Waals surface area contributed by atoms with E-state index < -0.39 is 0 Å². The van der Waals surface area contributed by atoms with Crippen molar-refractivity contribution in [1.29, 1.82) is 0 Å². The molecule has 32 heavy (non-hydrogen) atoms. The van der Waals surface area contributed by atoms with Crippen molar-refractivity contribution in [3.05, 3.63) is 53.9 Å². The Hall–Kier alpha value is -2.14. The van der Waals surface area contributed by atoms with Crippen molar-refractivity contribution in [2.75, 3.05) is 47.3 Å². The van der Waals surface area contributed by atoms with Gasteiger partial charge in [-0.15, -0.1) is 24.0 Å². The number of nitrogens with one attached hydrogen (secondary N) is 2. The van der Waals surface area contributed by atoms with E-state index in [1.807, 2.05) is 47.2 Å². The number of aromatic nitrogens is 2. The van der Waals surface area contributed by atoms with Crippen LogP contribution in [0, 0.1) is 5.92 Å². The highest BCUT2D eigenvalue weighted by Gasteiger charge is 2.29. The lowest BCUT2D eigenvalue weighted by atomic mass is 10.1. The molecule has 2 N–H and O–H groups in total. The summed E-state index contributed by atoms with van der Waals surface area (Å²) in [5.41, 5.74) is 2.43. The fourth-order valence-corrected chi connectivity index (χ4v) is 3.98. The van der Waals surface area contributed by atoms with Crippen molar-refractivity contribution in [3.63, 3.8) is 0 Å². The quantitative estimate of drug-likeness (QED) is 0.282. The number of amides is 1. The summed E-state index contributed by atoms with van der Waals surface area (Å²) in [6, 6.07) is 10.5. The summed E-state index contributed by atoms with van der Waals surface area (Å²) in [4.78, 5) is 20.9. The fourth-order valence-electron chi connectivity index (χ4n) is 3.98. The number of benzene rings is 1. The summed E-state index contributed by atoms with van der Waals surface area (Å²) in [5.74, 6) is 1.30. The van der Waals surface area contributed by atoms with E-state index in [2.05, 4.69) is 51.9 Å². The van der Waals surface area contributed by atoms with Gasteiger partial charge in [0.15, 0.2) is 5.96 Å². The molecule has 1 fully saturated rings. The lowest BCUT2D eigenvalue weighted by molar-refractivity contribution is -0.127. The van der Waals surface area contributed by atoms with Gasteiger partial charge < -0.3 is 20.4 Å². The van der Waals surface area contributed by atoms with Gasteiger partial charge in [-0.1, -0.05) is 30.3 Å². The standard InChI is InChI=1S/C23H35N7O.HI/c1-24-23(26-15-21(28(2)3)20-14-27-29(4)17-20)25-13-19-12-22(31)30(16-19)11-10-18-8-6-5-7-9-18;/h5-9,14,17,19,21H,10-13,15-16H2,1-4H3,(H2,24,25,26);1H. The highest BCUT2D eigenvalue weighted by Crippen LogP contribution is 2.18. The van der Waals surface area contributed by atoms with Crippen LogP contribution in [-0.2, 0) is 18.3 Å². The number of nitrogens with zero attached hydrogens (tertiary/aromatic N) is 5. The number of rotatable bonds is 9. The highest BCUT2D eigenvalue weighted by atomic mass is 127. The summed E-state index contributed by atoms with van der Waals surface area (Å²) in [6.45, 7) is 3.02. The minimum absolute atomic E-state index is 0. The van der Waals surface area contributed by atoms with Crippen LogP contribution < -0.4 is 10.6 Å². The summed E-state index contributed by atoms with van der Waals surface area (Å²) in [6.07, 6.45) is 5.43. The molecule has 2 atom stereocenters. The molecule has 9 heteroatoms. The topological polar surface area (TPSA) is 77.8 Å². The number of halogens is 1. The van der Waals surface area contributed by atoms with Crippen molar-refractivity contribution in [3.8, 4) is 0 Å². The lowest BCUT2D eigenvalue weighted by Crippen LogP contribution is -2.43. The van der Waals surface area contributed by atoms with Crippen LogP contribution >= 0.6 is 24.0 Å². The van der Waals surface area contributed by atoms with Gasteiger partial charge in [0.25, 0.3) is 0 Å². The fraction of sp³-hybridized carbons (Fsp3) is 0.522. The zero-order valence-corrected chi connectivity index (χ0v) is 21.8. The molecule has 0 radical (unpaired) electrons. The van der Waals surface area contributed by atoms with Crippen LogP contribution in [-0.4, -0.2) is 78.8 Å². The summed E-state index contributed by atoms with van der Waals surface area (Å²) < 4.78 is 1.82. The number of hydrogen-bond acceptors (Lipinski definition) is 4. The predicted molar refractivity (Wildman–Crippen MR) is 139 cm³/mol. The van der Waals surface area contributed by atoms with Crippen molar-refractivity contribution in [1.82, 2.24) is 30.2 Å². The maximum absolute atomic E-state index is 12.4. The molecule has 0 saturated carbocycles. The number of guanidine groups is 1. The van der Waals surface area contributed by atoms with E-state index in [9.17, 15) is 4.79 Å². The van der Waals surface area contributed by atoms with Gasteiger partial charge in [0.2, 0.25) is 5.91 Å². The van der Waals surface area contributed by atoms with Crippen LogP contribution in [0.25, 0.3) is 0 Å². The number of carbonyl (C=O) groups is 1. The van der Waals surface area contributed by atoms with Gasteiger partial charge in [0.05, 0.1) is 12.2 Å². The molecule has 1 aliphatic rings. The van der Waals surface area contributed by atoms with Crippen LogP contribution in [0.15, 0.2) is 47.7 Å². The summed E-state index contributed by atoms with van der Waals surface area (Å²) >= 11 is 0. The average Bonchev–Trinajstić information content (AvgIpc) is 3.34. The average molecular weight is 553 g/mol. The second kappa shape index (κ2) is 12.8. The van der Waals surface area contributed by atoms with Crippen molar-refractivity contribution in [2.45, 2.75) is 18.9 Å². The first-order valence-electron chi connectivity index (χ1n) is 10.9. The van der Waals surface area contributed by atoms with Crippen LogP contribution in [0.2, 0.25) is 0 Å². The number of aliphatic imine (C=N–C) groups is 1. The molecule has 3 rings (SSSR count). The number of carbonyl (C=O) groups excluding carboxylic acids is 1. The molecular weight excluding hydrogens is 517 g/mol. The Morgan fingerprint density at radius 2 is 2.03 bits per heavy atom. The molecule has 1 amide bonds. The maximum atomic E-state index is 12.4. The molecule has 1 saturated heterocycles. The van der Waals surface area contributed by atoms with Crippen LogP contribution in [0.3, 0.4) is 0 Å². The third-order valence-corrected chi connectivity index (χ3v) is 5.79. The molecule has 8 nitrogen and oxygen atoms in total. The Balaban J connectivity index is 0.00000363. The zero-order chi connectivity index (χ0) is 22.2. The molecule has 2 heterocycles. The van der Waals surface area contributed by atoms with Gasteiger partial charge in [0, 0.05) is 64.4 Å². The molecule has 2 unspecified atom stereocenters. The number of hydrogen-bond donors (Lipinski definition) is 2. The number of likely N-dealkylation sites (N-methyl/N-ethyl adjacent to an activating group) is 1. The van der Waals surface area contributed by atoms with Gasteiger partial charge in [-0.05, 0) is 26.1 Å². The number of likely N-dealkylation sites (tertiary alicyclic amines) is 1. The summed E-state index contributed by atoms with van der Waals surface area (Å²) in [7, 11) is 7.82. The smallest absolute Gasteiger partial charge is 0.223 e. The first-order valence-corrected chi connectivity index (χ1v) is 10.9.